The van der Waals surface area contributed by atoms with Gasteiger partial charge in [0, 0.05) is 19.0 Å². The molecule has 0 aliphatic heterocycles. The van der Waals surface area contributed by atoms with E-state index in [1.807, 2.05) is 6.92 Å². The topological polar surface area (TPSA) is 38.5 Å². The van der Waals surface area contributed by atoms with Crippen LogP contribution in [0.5, 0.6) is 5.88 Å². The molecule has 0 N–H and O–H groups in total. The molecule has 0 radical (unpaired) electrons. The molecular formula is C28H34N2O2. The van der Waals surface area contributed by atoms with E-state index >= 15 is 0 Å². The van der Waals surface area contributed by atoms with Crippen molar-refractivity contribution in [3.8, 4) is 5.88 Å². The molecule has 4 rings (SSSR count). The number of ether oxygens (including phenoxy) is 1. The molecule has 0 spiro atoms. The Bertz CT molecular complexity index is 1040. The summed E-state index contributed by atoms with van der Waals surface area (Å²) in [6, 6.07) is 17.6. The van der Waals surface area contributed by atoms with E-state index < -0.39 is 0 Å². The zero-order valence-corrected chi connectivity index (χ0v) is 19.7. The van der Waals surface area contributed by atoms with Crippen LogP contribution in [0.25, 0.3) is 5.57 Å². The Hall–Kier alpha value is -2.85. The molecule has 1 atom stereocenters. The number of benzene rings is 2. The third-order valence-electron chi connectivity index (χ3n) is 6.50. The van der Waals surface area contributed by atoms with E-state index in [-0.39, 0.29) is 0 Å². The molecule has 4 heteroatoms. The first kappa shape index (κ1) is 22.3. The first-order valence-electron chi connectivity index (χ1n) is 11.7. The van der Waals surface area contributed by atoms with Crippen LogP contribution >= 0.6 is 0 Å². The predicted molar refractivity (Wildman–Crippen MR) is 130 cm³/mol. The summed E-state index contributed by atoms with van der Waals surface area (Å²) in [6.45, 7) is 7.94. The van der Waals surface area contributed by atoms with Gasteiger partial charge in [0.2, 0.25) is 0 Å². The molecule has 1 aliphatic carbocycles. The van der Waals surface area contributed by atoms with E-state index in [2.05, 4.69) is 85.6 Å². The number of aryl methyl sites for hydroxylation is 3. The van der Waals surface area contributed by atoms with Crippen LogP contribution in [0.2, 0.25) is 0 Å². The number of aromatic nitrogens is 1. The first-order valence-corrected chi connectivity index (χ1v) is 11.7. The molecule has 1 heterocycles. The Morgan fingerprint density at radius 3 is 2.38 bits per heavy atom. The number of nitrogens with zero attached hydrogens (tertiary/aromatic N) is 2. The molecule has 0 unspecified atom stereocenters. The maximum atomic E-state index is 5.77. The van der Waals surface area contributed by atoms with Gasteiger partial charge >= 0.3 is 0 Å². The van der Waals surface area contributed by atoms with E-state index in [0.29, 0.717) is 18.5 Å². The fourth-order valence-electron chi connectivity index (χ4n) is 4.79. The van der Waals surface area contributed by atoms with Gasteiger partial charge in [0.05, 0.1) is 12.2 Å². The second-order valence-electron chi connectivity index (χ2n) is 8.68. The molecule has 0 bridgehead atoms. The van der Waals surface area contributed by atoms with Crippen LogP contribution in [-0.4, -0.2) is 30.3 Å². The SMILES string of the molecule is CCOc1noc2c1[C@H](N(C)CCC=C(c1ccccc1C)c1ccccc1C)CCC2. The van der Waals surface area contributed by atoms with Gasteiger partial charge in [0.1, 0.15) is 5.76 Å². The van der Waals surface area contributed by atoms with Gasteiger partial charge in [-0.2, -0.15) is 0 Å². The Kier molecular flexibility index (Phi) is 7.11. The normalized spacial score (nSPS) is 15.5. The Balaban J connectivity index is 1.57. The van der Waals surface area contributed by atoms with Gasteiger partial charge in [-0.3, -0.25) is 4.90 Å². The maximum Gasteiger partial charge on any atom is 0.259 e. The van der Waals surface area contributed by atoms with Crippen molar-refractivity contribution in [2.24, 2.45) is 0 Å². The Morgan fingerprint density at radius 2 is 1.75 bits per heavy atom. The number of rotatable bonds is 8. The van der Waals surface area contributed by atoms with Crippen molar-refractivity contribution in [3.63, 3.8) is 0 Å². The van der Waals surface area contributed by atoms with Gasteiger partial charge < -0.3 is 9.26 Å². The molecule has 1 aliphatic rings. The minimum absolute atomic E-state index is 0.292. The van der Waals surface area contributed by atoms with Crippen LogP contribution < -0.4 is 4.74 Å². The number of hydrogen-bond acceptors (Lipinski definition) is 4. The molecular weight excluding hydrogens is 396 g/mol. The van der Waals surface area contributed by atoms with E-state index in [1.54, 1.807) is 0 Å². The molecule has 32 heavy (non-hydrogen) atoms. The zero-order valence-electron chi connectivity index (χ0n) is 19.7. The van der Waals surface area contributed by atoms with Crippen molar-refractivity contribution < 1.29 is 9.26 Å². The van der Waals surface area contributed by atoms with Crippen LogP contribution in [0.1, 0.15) is 65.8 Å². The first-order chi connectivity index (χ1) is 15.6. The highest BCUT2D eigenvalue weighted by molar-refractivity contribution is 5.82. The lowest BCUT2D eigenvalue weighted by Gasteiger charge is -2.30. The van der Waals surface area contributed by atoms with E-state index in [1.165, 1.54) is 27.8 Å². The summed E-state index contributed by atoms with van der Waals surface area (Å²) in [5.41, 5.74) is 7.70. The third-order valence-corrected chi connectivity index (χ3v) is 6.50. The smallest absolute Gasteiger partial charge is 0.259 e. The van der Waals surface area contributed by atoms with Crippen LogP contribution in [0.15, 0.2) is 59.1 Å². The summed E-state index contributed by atoms with van der Waals surface area (Å²) in [5.74, 6) is 1.67. The second kappa shape index (κ2) is 10.2. The van der Waals surface area contributed by atoms with E-state index in [0.717, 1.165) is 43.6 Å². The average molecular weight is 431 g/mol. The summed E-state index contributed by atoms with van der Waals surface area (Å²) in [5, 5.41) is 4.19. The minimum Gasteiger partial charge on any atom is -0.476 e. The van der Waals surface area contributed by atoms with Gasteiger partial charge in [-0.1, -0.05) is 54.6 Å². The molecule has 0 amide bonds. The van der Waals surface area contributed by atoms with Gasteiger partial charge in [0.25, 0.3) is 5.88 Å². The highest BCUT2D eigenvalue weighted by Crippen LogP contribution is 2.39. The summed E-state index contributed by atoms with van der Waals surface area (Å²) in [6.07, 6.45) is 6.55. The molecule has 4 nitrogen and oxygen atoms in total. The van der Waals surface area contributed by atoms with Gasteiger partial charge in [0.15, 0.2) is 0 Å². The lowest BCUT2D eigenvalue weighted by molar-refractivity contribution is 0.214. The fourth-order valence-corrected chi connectivity index (χ4v) is 4.79. The van der Waals surface area contributed by atoms with Crippen molar-refractivity contribution in [1.29, 1.82) is 0 Å². The van der Waals surface area contributed by atoms with Crippen molar-refractivity contribution in [2.45, 2.75) is 52.5 Å². The highest BCUT2D eigenvalue weighted by Gasteiger charge is 2.31. The van der Waals surface area contributed by atoms with E-state index in [4.69, 9.17) is 9.26 Å². The highest BCUT2D eigenvalue weighted by atomic mass is 16.5. The summed E-state index contributed by atoms with van der Waals surface area (Å²) in [4.78, 5) is 2.43. The molecule has 2 aromatic carbocycles. The maximum absolute atomic E-state index is 5.77. The van der Waals surface area contributed by atoms with Crippen LogP contribution in [-0.2, 0) is 6.42 Å². The molecule has 168 valence electrons. The van der Waals surface area contributed by atoms with Crippen molar-refractivity contribution in [2.75, 3.05) is 20.2 Å². The molecule has 0 fully saturated rings. The third kappa shape index (κ3) is 4.66. The molecule has 0 saturated heterocycles. The largest absolute Gasteiger partial charge is 0.476 e. The molecule has 3 aromatic rings. The predicted octanol–water partition coefficient (Wildman–Crippen LogP) is 6.52. The monoisotopic (exact) mass is 430 g/mol. The van der Waals surface area contributed by atoms with E-state index in [9.17, 15) is 0 Å². The van der Waals surface area contributed by atoms with Crippen LogP contribution in [0.4, 0.5) is 0 Å². The summed E-state index contributed by atoms with van der Waals surface area (Å²) < 4.78 is 11.4. The minimum atomic E-state index is 0.292. The summed E-state index contributed by atoms with van der Waals surface area (Å²) in [7, 11) is 2.21. The van der Waals surface area contributed by atoms with Crippen molar-refractivity contribution in [1.82, 2.24) is 10.1 Å². The molecule has 1 aromatic heterocycles. The van der Waals surface area contributed by atoms with Gasteiger partial charge in [-0.05, 0) is 80.1 Å². The van der Waals surface area contributed by atoms with Gasteiger partial charge in [-0.15, -0.1) is 0 Å². The van der Waals surface area contributed by atoms with Crippen molar-refractivity contribution >= 4 is 5.57 Å². The number of fused-ring (bicyclic) bond motifs is 1. The summed E-state index contributed by atoms with van der Waals surface area (Å²) >= 11 is 0. The number of hydrogen-bond donors (Lipinski definition) is 0. The Morgan fingerprint density at radius 1 is 1.09 bits per heavy atom. The van der Waals surface area contributed by atoms with Crippen molar-refractivity contribution in [3.05, 3.63) is 88.2 Å². The lowest BCUT2D eigenvalue weighted by Crippen LogP contribution is -2.28. The second-order valence-corrected chi connectivity index (χ2v) is 8.68. The quantitative estimate of drug-likeness (QED) is 0.408. The van der Waals surface area contributed by atoms with Crippen LogP contribution in [0, 0.1) is 13.8 Å². The lowest BCUT2D eigenvalue weighted by atomic mass is 9.90. The Labute approximate surface area is 191 Å². The van der Waals surface area contributed by atoms with Gasteiger partial charge in [-0.25, -0.2) is 0 Å². The zero-order chi connectivity index (χ0) is 22.5. The average Bonchev–Trinajstić information content (AvgIpc) is 3.21. The molecule has 0 saturated carbocycles. The fraction of sp³-hybridized carbons (Fsp3) is 0.393. The standard InChI is InChI=1S/C28H34N2O2/c1-5-31-28-27-25(17-10-18-26(27)32-29-28)30(4)19-11-16-24(22-14-8-6-12-20(22)2)23-15-9-7-13-21(23)3/h6-9,12-16,25H,5,10-11,17-19H2,1-4H3/t25-/m1/s1. The van der Waals surface area contributed by atoms with Crippen LogP contribution in [0.3, 0.4) is 0 Å².